The Kier molecular flexibility index (Phi) is 2.92. The summed E-state index contributed by atoms with van der Waals surface area (Å²) in [6.45, 7) is 1.45. The van der Waals surface area contributed by atoms with Gasteiger partial charge in [0.25, 0.3) is 0 Å². The molecule has 0 bridgehead atoms. The molecule has 4 nitrogen and oxygen atoms in total. The summed E-state index contributed by atoms with van der Waals surface area (Å²) in [6, 6.07) is 5.92. The molecule has 1 aromatic rings. The van der Waals surface area contributed by atoms with Crippen molar-refractivity contribution in [3.63, 3.8) is 0 Å². The van der Waals surface area contributed by atoms with Crippen LogP contribution in [0, 0.1) is 0 Å². The van der Waals surface area contributed by atoms with Crippen molar-refractivity contribution in [3.05, 3.63) is 23.8 Å². The molecule has 18 heavy (non-hydrogen) atoms. The van der Waals surface area contributed by atoms with Crippen LogP contribution in [0.25, 0.3) is 0 Å². The van der Waals surface area contributed by atoms with Gasteiger partial charge in [0.1, 0.15) is 0 Å². The topological polar surface area (TPSA) is 70.5 Å². The van der Waals surface area contributed by atoms with Crippen LogP contribution >= 0.6 is 0 Å². The summed E-state index contributed by atoms with van der Waals surface area (Å²) in [5, 5.41) is 0. The first-order valence-corrected chi connectivity index (χ1v) is 6.62. The van der Waals surface area contributed by atoms with Crippen molar-refractivity contribution in [2.45, 2.75) is 37.4 Å². The van der Waals surface area contributed by atoms with Gasteiger partial charge in [0.05, 0.1) is 24.6 Å². The zero-order valence-corrected chi connectivity index (χ0v) is 10.5. The van der Waals surface area contributed by atoms with E-state index >= 15 is 0 Å². The second kappa shape index (κ2) is 4.44. The van der Waals surface area contributed by atoms with Gasteiger partial charge in [-0.25, -0.2) is 0 Å². The Morgan fingerprint density at radius 1 is 1.06 bits per heavy atom. The summed E-state index contributed by atoms with van der Waals surface area (Å²) in [5.41, 5.74) is 14.5. The smallest absolute Gasteiger partial charge is 0.168 e. The lowest BCUT2D eigenvalue weighted by Gasteiger charge is -2.35. The van der Waals surface area contributed by atoms with E-state index in [4.69, 9.17) is 20.9 Å². The number of rotatable bonds is 1. The SMILES string of the molecule is Nc1cccc(C2CCC3(CC2)OCCO3)c1N. The van der Waals surface area contributed by atoms with E-state index in [1.165, 1.54) is 5.56 Å². The van der Waals surface area contributed by atoms with Crippen LogP contribution in [0.1, 0.15) is 37.2 Å². The summed E-state index contributed by atoms with van der Waals surface area (Å²) in [4.78, 5) is 0. The highest BCUT2D eigenvalue weighted by atomic mass is 16.7. The second-order valence-electron chi connectivity index (χ2n) is 5.23. The van der Waals surface area contributed by atoms with E-state index in [1.807, 2.05) is 12.1 Å². The number of nitrogens with two attached hydrogens (primary N) is 2. The number of hydrogen-bond acceptors (Lipinski definition) is 4. The molecule has 0 aromatic heterocycles. The maximum Gasteiger partial charge on any atom is 0.168 e. The van der Waals surface area contributed by atoms with Gasteiger partial charge < -0.3 is 20.9 Å². The van der Waals surface area contributed by atoms with Gasteiger partial charge >= 0.3 is 0 Å². The van der Waals surface area contributed by atoms with Gasteiger partial charge in [-0.3, -0.25) is 0 Å². The van der Waals surface area contributed by atoms with E-state index in [0.29, 0.717) is 11.6 Å². The molecule has 1 saturated carbocycles. The predicted molar refractivity (Wildman–Crippen MR) is 71.1 cm³/mol. The molecule has 0 atom stereocenters. The lowest BCUT2D eigenvalue weighted by Crippen LogP contribution is -2.34. The molecule has 4 N–H and O–H groups in total. The second-order valence-corrected chi connectivity index (χ2v) is 5.23. The predicted octanol–water partition coefficient (Wildman–Crippen LogP) is 2.25. The van der Waals surface area contributed by atoms with Crippen LogP contribution in [0.3, 0.4) is 0 Å². The zero-order valence-electron chi connectivity index (χ0n) is 10.5. The highest BCUT2D eigenvalue weighted by Gasteiger charge is 2.40. The summed E-state index contributed by atoms with van der Waals surface area (Å²) < 4.78 is 11.5. The third-order valence-electron chi connectivity index (χ3n) is 4.17. The van der Waals surface area contributed by atoms with Crippen LogP contribution in [0.15, 0.2) is 18.2 Å². The minimum atomic E-state index is -0.300. The molecule has 1 heterocycles. The fraction of sp³-hybridized carbons (Fsp3) is 0.571. The molecule has 1 aromatic carbocycles. The number of nitrogen functional groups attached to an aromatic ring is 2. The third-order valence-corrected chi connectivity index (χ3v) is 4.17. The molecule has 0 amide bonds. The molecule has 0 radical (unpaired) electrons. The maximum absolute atomic E-state index is 6.07. The standard InChI is InChI=1S/C14H20N2O2/c15-12-3-1-2-11(13(12)16)10-4-6-14(7-5-10)17-8-9-18-14/h1-3,10H,4-9,15-16H2. The Balaban J connectivity index is 1.74. The molecule has 1 spiro atoms. The number of benzene rings is 1. The first kappa shape index (κ1) is 11.8. The number of hydrogen-bond donors (Lipinski definition) is 2. The molecule has 2 aliphatic rings. The van der Waals surface area contributed by atoms with Crippen LogP contribution in [-0.4, -0.2) is 19.0 Å². The summed E-state index contributed by atoms with van der Waals surface area (Å²) in [5.74, 6) is 0.179. The Labute approximate surface area is 107 Å². The Hall–Kier alpha value is -1.26. The summed E-state index contributed by atoms with van der Waals surface area (Å²) in [6.07, 6.45) is 4.00. The van der Waals surface area contributed by atoms with E-state index in [9.17, 15) is 0 Å². The first-order chi connectivity index (χ1) is 8.70. The van der Waals surface area contributed by atoms with Gasteiger partial charge in [0, 0.05) is 12.8 Å². The van der Waals surface area contributed by atoms with E-state index in [2.05, 4.69) is 6.07 Å². The lowest BCUT2D eigenvalue weighted by molar-refractivity contribution is -0.178. The number of anilines is 2. The van der Waals surface area contributed by atoms with Crippen molar-refractivity contribution in [1.82, 2.24) is 0 Å². The third kappa shape index (κ3) is 1.95. The van der Waals surface area contributed by atoms with Gasteiger partial charge in [0.15, 0.2) is 5.79 Å². The van der Waals surface area contributed by atoms with Crippen LogP contribution < -0.4 is 11.5 Å². The normalized spacial score (nSPS) is 23.6. The molecule has 0 unspecified atom stereocenters. The molecule has 1 saturated heterocycles. The molecular weight excluding hydrogens is 228 g/mol. The van der Waals surface area contributed by atoms with Crippen molar-refractivity contribution < 1.29 is 9.47 Å². The molecule has 1 aliphatic carbocycles. The molecule has 1 aliphatic heterocycles. The Morgan fingerprint density at radius 3 is 2.39 bits per heavy atom. The van der Waals surface area contributed by atoms with E-state index in [0.717, 1.165) is 44.6 Å². The average Bonchev–Trinajstić information content (AvgIpc) is 2.83. The van der Waals surface area contributed by atoms with Crippen LogP contribution in [-0.2, 0) is 9.47 Å². The minimum Gasteiger partial charge on any atom is -0.397 e. The zero-order chi connectivity index (χ0) is 12.6. The quantitative estimate of drug-likeness (QED) is 0.748. The molecule has 3 rings (SSSR count). The lowest BCUT2D eigenvalue weighted by atomic mass is 9.80. The Morgan fingerprint density at radius 2 is 1.72 bits per heavy atom. The number of para-hydroxylation sites is 1. The Bertz CT molecular complexity index is 431. The van der Waals surface area contributed by atoms with Crippen LogP contribution in [0.4, 0.5) is 11.4 Å². The molecule has 98 valence electrons. The van der Waals surface area contributed by atoms with Gasteiger partial charge in [-0.15, -0.1) is 0 Å². The van der Waals surface area contributed by atoms with Crippen molar-refractivity contribution in [3.8, 4) is 0 Å². The van der Waals surface area contributed by atoms with Crippen LogP contribution in [0.2, 0.25) is 0 Å². The highest BCUT2D eigenvalue weighted by Crippen LogP contribution is 2.44. The average molecular weight is 248 g/mol. The van der Waals surface area contributed by atoms with Crippen molar-refractivity contribution in [2.24, 2.45) is 0 Å². The van der Waals surface area contributed by atoms with Gasteiger partial charge in [0.2, 0.25) is 0 Å². The van der Waals surface area contributed by atoms with Crippen molar-refractivity contribution in [1.29, 1.82) is 0 Å². The summed E-state index contributed by atoms with van der Waals surface area (Å²) >= 11 is 0. The van der Waals surface area contributed by atoms with E-state index in [1.54, 1.807) is 0 Å². The van der Waals surface area contributed by atoms with Crippen molar-refractivity contribution in [2.75, 3.05) is 24.7 Å². The first-order valence-electron chi connectivity index (χ1n) is 6.62. The van der Waals surface area contributed by atoms with Gasteiger partial charge in [-0.2, -0.15) is 0 Å². The highest BCUT2D eigenvalue weighted by molar-refractivity contribution is 5.68. The van der Waals surface area contributed by atoms with Crippen LogP contribution in [0.5, 0.6) is 0 Å². The minimum absolute atomic E-state index is 0.300. The van der Waals surface area contributed by atoms with Crippen molar-refractivity contribution >= 4 is 11.4 Å². The molecular formula is C14H20N2O2. The monoisotopic (exact) mass is 248 g/mol. The number of ether oxygens (including phenoxy) is 2. The van der Waals surface area contributed by atoms with Gasteiger partial charge in [-0.05, 0) is 30.4 Å². The maximum atomic E-state index is 6.07. The van der Waals surface area contributed by atoms with E-state index in [-0.39, 0.29) is 5.79 Å². The molecule has 2 fully saturated rings. The van der Waals surface area contributed by atoms with E-state index < -0.39 is 0 Å². The fourth-order valence-corrected chi connectivity index (χ4v) is 3.11. The molecule has 4 heteroatoms. The van der Waals surface area contributed by atoms with Gasteiger partial charge in [-0.1, -0.05) is 12.1 Å². The summed E-state index contributed by atoms with van der Waals surface area (Å²) in [7, 11) is 0. The largest absolute Gasteiger partial charge is 0.397 e. The fourth-order valence-electron chi connectivity index (χ4n) is 3.11.